The number of carbonyl (C=O) groups is 3. The lowest BCUT2D eigenvalue weighted by Gasteiger charge is -2.36. The fraction of sp³-hybridized carbons (Fsp3) is 0.571. The molecule has 1 unspecified atom stereocenters. The standard InChI is InChI=1S/C21H30FN3O3/c1-4-11-23-20(27)18(24-19(26)16-5-7-17(22)8-6-16)15-9-12-25(13-10-15)21(28)14(2)3/h5-8,14-15,18H,4,9-13H2,1-3H3,(H,23,27)(H,24,26). The summed E-state index contributed by atoms with van der Waals surface area (Å²) >= 11 is 0. The van der Waals surface area contributed by atoms with Gasteiger partial charge in [-0.2, -0.15) is 0 Å². The van der Waals surface area contributed by atoms with Crippen molar-refractivity contribution in [2.24, 2.45) is 11.8 Å². The number of nitrogens with zero attached hydrogens (tertiary/aromatic N) is 1. The van der Waals surface area contributed by atoms with Gasteiger partial charge in [-0.1, -0.05) is 20.8 Å². The third-order valence-electron chi connectivity index (χ3n) is 5.04. The number of hydrogen-bond donors (Lipinski definition) is 2. The Hall–Kier alpha value is -2.44. The maximum atomic E-state index is 13.1. The Morgan fingerprint density at radius 2 is 1.75 bits per heavy atom. The molecule has 2 N–H and O–H groups in total. The summed E-state index contributed by atoms with van der Waals surface area (Å²) < 4.78 is 13.1. The third-order valence-corrected chi connectivity index (χ3v) is 5.04. The molecule has 0 aromatic heterocycles. The van der Waals surface area contributed by atoms with Crippen LogP contribution in [0.2, 0.25) is 0 Å². The average molecular weight is 391 g/mol. The summed E-state index contributed by atoms with van der Waals surface area (Å²) in [6.07, 6.45) is 2.09. The summed E-state index contributed by atoms with van der Waals surface area (Å²) in [6, 6.07) is 4.56. The van der Waals surface area contributed by atoms with Crippen molar-refractivity contribution < 1.29 is 18.8 Å². The second-order valence-electron chi connectivity index (χ2n) is 7.57. The van der Waals surface area contributed by atoms with Crippen molar-refractivity contribution in [1.29, 1.82) is 0 Å². The van der Waals surface area contributed by atoms with Gasteiger partial charge in [-0.3, -0.25) is 14.4 Å². The molecule has 3 amide bonds. The molecule has 1 aliphatic rings. The summed E-state index contributed by atoms with van der Waals surface area (Å²) in [7, 11) is 0. The van der Waals surface area contributed by atoms with Crippen molar-refractivity contribution in [3.05, 3.63) is 35.6 Å². The van der Waals surface area contributed by atoms with Crippen molar-refractivity contribution in [1.82, 2.24) is 15.5 Å². The Morgan fingerprint density at radius 1 is 1.14 bits per heavy atom. The highest BCUT2D eigenvalue weighted by molar-refractivity contribution is 5.97. The molecule has 6 nitrogen and oxygen atoms in total. The van der Waals surface area contributed by atoms with E-state index in [0.717, 1.165) is 6.42 Å². The number of halogens is 1. The molecule has 1 aliphatic heterocycles. The monoisotopic (exact) mass is 391 g/mol. The van der Waals surface area contributed by atoms with E-state index in [1.165, 1.54) is 24.3 Å². The van der Waals surface area contributed by atoms with E-state index in [0.29, 0.717) is 38.0 Å². The van der Waals surface area contributed by atoms with Crippen molar-refractivity contribution in [2.75, 3.05) is 19.6 Å². The highest BCUT2D eigenvalue weighted by atomic mass is 19.1. The first-order chi connectivity index (χ1) is 13.3. The van der Waals surface area contributed by atoms with Gasteiger partial charge in [0.15, 0.2) is 0 Å². The second-order valence-corrected chi connectivity index (χ2v) is 7.57. The maximum absolute atomic E-state index is 13.1. The Kier molecular flexibility index (Phi) is 7.96. The predicted molar refractivity (Wildman–Crippen MR) is 105 cm³/mol. The van der Waals surface area contributed by atoms with Crippen LogP contribution in [-0.4, -0.2) is 48.3 Å². The molecule has 1 saturated heterocycles. The van der Waals surface area contributed by atoms with Gasteiger partial charge in [-0.25, -0.2) is 4.39 Å². The molecule has 1 heterocycles. The molecule has 0 bridgehead atoms. The topological polar surface area (TPSA) is 78.5 Å². The average Bonchev–Trinajstić information content (AvgIpc) is 2.70. The molecule has 7 heteroatoms. The molecule has 0 saturated carbocycles. The van der Waals surface area contributed by atoms with Crippen molar-refractivity contribution in [3.8, 4) is 0 Å². The summed E-state index contributed by atoms with van der Waals surface area (Å²) in [5.41, 5.74) is 0.308. The number of rotatable bonds is 7. The fourth-order valence-electron chi connectivity index (χ4n) is 3.40. The Balaban J connectivity index is 2.07. The number of likely N-dealkylation sites (tertiary alicyclic amines) is 1. The first kappa shape index (κ1) is 21.9. The van der Waals surface area contributed by atoms with Crippen LogP contribution in [0.3, 0.4) is 0 Å². The summed E-state index contributed by atoms with van der Waals surface area (Å²) in [4.78, 5) is 39.3. The summed E-state index contributed by atoms with van der Waals surface area (Å²) in [5, 5.41) is 5.67. The van der Waals surface area contributed by atoms with E-state index in [1.807, 2.05) is 25.7 Å². The summed E-state index contributed by atoms with van der Waals surface area (Å²) in [6.45, 7) is 7.39. The number of carbonyl (C=O) groups excluding carboxylic acids is 3. The van der Waals surface area contributed by atoms with Crippen LogP contribution in [0.4, 0.5) is 4.39 Å². The number of benzene rings is 1. The van der Waals surface area contributed by atoms with Gasteiger partial charge in [0.2, 0.25) is 11.8 Å². The molecule has 0 aliphatic carbocycles. The van der Waals surface area contributed by atoms with Gasteiger partial charge in [-0.15, -0.1) is 0 Å². The largest absolute Gasteiger partial charge is 0.354 e. The molecule has 1 fully saturated rings. The molecule has 0 radical (unpaired) electrons. The SMILES string of the molecule is CCCNC(=O)C(NC(=O)c1ccc(F)cc1)C1CCN(C(=O)C(C)C)CC1. The first-order valence-electron chi connectivity index (χ1n) is 9.96. The number of nitrogens with one attached hydrogen (secondary N) is 2. The van der Waals surface area contributed by atoms with Gasteiger partial charge < -0.3 is 15.5 Å². The Morgan fingerprint density at radius 3 is 2.29 bits per heavy atom. The molecule has 154 valence electrons. The zero-order chi connectivity index (χ0) is 20.7. The number of piperidine rings is 1. The van der Waals surface area contributed by atoms with Crippen LogP contribution in [0, 0.1) is 17.7 Å². The lowest BCUT2D eigenvalue weighted by Crippen LogP contribution is -2.54. The highest BCUT2D eigenvalue weighted by Crippen LogP contribution is 2.23. The van der Waals surface area contributed by atoms with Crippen molar-refractivity contribution in [2.45, 2.75) is 46.1 Å². The molecule has 28 heavy (non-hydrogen) atoms. The van der Waals surface area contributed by atoms with Crippen molar-refractivity contribution >= 4 is 17.7 Å². The summed E-state index contributed by atoms with van der Waals surface area (Å²) in [5.74, 6) is -1.05. The van der Waals surface area contributed by atoms with Crippen LogP contribution in [0.1, 0.15) is 50.4 Å². The van der Waals surface area contributed by atoms with Crippen LogP contribution in [0.5, 0.6) is 0 Å². The fourth-order valence-corrected chi connectivity index (χ4v) is 3.40. The van der Waals surface area contributed by atoms with Crippen LogP contribution in [0.15, 0.2) is 24.3 Å². The van der Waals surface area contributed by atoms with E-state index >= 15 is 0 Å². The van der Waals surface area contributed by atoms with Gasteiger partial charge >= 0.3 is 0 Å². The normalized spacial score (nSPS) is 16.0. The zero-order valence-corrected chi connectivity index (χ0v) is 16.8. The maximum Gasteiger partial charge on any atom is 0.251 e. The van der Waals surface area contributed by atoms with Crippen LogP contribution >= 0.6 is 0 Å². The quantitative estimate of drug-likeness (QED) is 0.749. The van der Waals surface area contributed by atoms with Crippen molar-refractivity contribution in [3.63, 3.8) is 0 Å². The molecule has 2 rings (SSSR count). The van der Waals surface area contributed by atoms with E-state index in [1.54, 1.807) is 0 Å². The predicted octanol–water partition coefficient (Wildman–Crippen LogP) is 2.34. The van der Waals surface area contributed by atoms with Crippen LogP contribution in [-0.2, 0) is 9.59 Å². The minimum Gasteiger partial charge on any atom is -0.354 e. The molecular formula is C21H30FN3O3. The minimum atomic E-state index is -0.680. The Labute approximate surface area is 165 Å². The third kappa shape index (κ3) is 5.78. The molecular weight excluding hydrogens is 361 g/mol. The number of amides is 3. The second kappa shape index (κ2) is 10.2. The van der Waals surface area contributed by atoms with Gasteiger partial charge in [0, 0.05) is 31.1 Å². The van der Waals surface area contributed by atoms with E-state index in [4.69, 9.17) is 0 Å². The lowest BCUT2D eigenvalue weighted by atomic mass is 9.88. The van der Waals surface area contributed by atoms with Gasteiger partial charge in [0.25, 0.3) is 5.91 Å². The highest BCUT2D eigenvalue weighted by Gasteiger charge is 2.34. The zero-order valence-electron chi connectivity index (χ0n) is 16.8. The molecule has 1 aromatic carbocycles. The van der Waals surface area contributed by atoms with Gasteiger partial charge in [-0.05, 0) is 49.4 Å². The van der Waals surface area contributed by atoms with E-state index in [2.05, 4.69) is 10.6 Å². The Bertz CT molecular complexity index is 683. The molecule has 0 spiro atoms. The lowest BCUT2D eigenvalue weighted by molar-refractivity contribution is -0.136. The van der Waals surface area contributed by atoms with Gasteiger partial charge in [0.05, 0.1) is 0 Å². The molecule has 1 atom stereocenters. The molecule has 1 aromatic rings. The van der Waals surface area contributed by atoms with E-state index in [9.17, 15) is 18.8 Å². The van der Waals surface area contributed by atoms with Crippen LogP contribution < -0.4 is 10.6 Å². The van der Waals surface area contributed by atoms with E-state index < -0.39 is 17.8 Å². The number of hydrogen-bond acceptors (Lipinski definition) is 3. The van der Waals surface area contributed by atoms with Crippen LogP contribution in [0.25, 0.3) is 0 Å². The smallest absolute Gasteiger partial charge is 0.251 e. The van der Waals surface area contributed by atoms with Gasteiger partial charge in [0.1, 0.15) is 11.9 Å². The minimum absolute atomic E-state index is 0.0571. The first-order valence-corrected chi connectivity index (χ1v) is 9.96. The van der Waals surface area contributed by atoms with E-state index in [-0.39, 0.29) is 23.7 Å².